The molecule has 0 spiro atoms. The van der Waals surface area contributed by atoms with Crippen LogP contribution in [0.25, 0.3) is 0 Å². The molecule has 106 valence electrons. The average molecular weight is 266 g/mol. The third kappa shape index (κ3) is 3.33. The molecule has 1 aromatic heterocycles. The van der Waals surface area contributed by atoms with Crippen LogP contribution in [0, 0.1) is 0 Å². The van der Waals surface area contributed by atoms with E-state index in [-0.39, 0.29) is 0 Å². The van der Waals surface area contributed by atoms with Gasteiger partial charge in [0.15, 0.2) is 0 Å². The van der Waals surface area contributed by atoms with E-state index in [4.69, 9.17) is 9.47 Å². The Morgan fingerprint density at radius 3 is 2.89 bits per heavy atom. The van der Waals surface area contributed by atoms with E-state index in [2.05, 4.69) is 26.8 Å². The highest BCUT2D eigenvalue weighted by Gasteiger charge is 2.30. The predicted molar refractivity (Wildman–Crippen MR) is 73.7 cm³/mol. The van der Waals surface area contributed by atoms with Crippen molar-refractivity contribution in [2.45, 2.75) is 18.6 Å². The number of hydrogen-bond acceptors (Lipinski definition) is 6. The summed E-state index contributed by atoms with van der Waals surface area (Å²) in [7, 11) is 7.52. The number of rotatable bonds is 5. The van der Waals surface area contributed by atoms with Crippen molar-refractivity contribution in [2.75, 3.05) is 46.3 Å². The fourth-order valence-electron chi connectivity index (χ4n) is 2.44. The maximum absolute atomic E-state index is 5.42. The molecule has 0 bridgehead atoms. The van der Waals surface area contributed by atoms with Crippen molar-refractivity contribution in [3.8, 4) is 5.88 Å². The summed E-state index contributed by atoms with van der Waals surface area (Å²) in [4.78, 5) is 13.0. The minimum absolute atomic E-state index is 0.328. The Bertz CT molecular complexity index is 415. The quantitative estimate of drug-likeness (QED) is 0.779. The van der Waals surface area contributed by atoms with Crippen molar-refractivity contribution in [3.63, 3.8) is 0 Å². The molecule has 6 heteroatoms. The van der Waals surface area contributed by atoms with E-state index >= 15 is 0 Å². The molecule has 1 aliphatic heterocycles. The molecule has 0 amide bonds. The Kier molecular flexibility index (Phi) is 4.55. The van der Waals surface area contributed by atoms with Crippen LogP contribution in [0.2, 0.25) is 0 Å². The number of anilines is 1. The van der Waals surface area contributed by atoms with Crippen LogP contribution in [0.1, 0.15) is 6.42 Å². The van der Waals surface area contributed by atoms with Crippen molar-refractivity contribution in [2.24, 2.45) is 0 Å². The van der Waals surface area contributed by atoms with E-state index in [0.717, 1.165) is 19.5 Å². The number of hydrogen-bond donors (Lipinski definition) is 0. The summed E-state index contributed by atoms with van der Waals surface area (Å²) in [6.07, 6.45) is 3.09. The summed E-state index contributed by atoms with van der Waals surface area (Å²) in [5, 5.41) is 0. The first-order valence-corrected chi connectivity index (χ1v) is 6.45. The Balaban J connectivity index is 1.98. The number of ether oxygens (including phenoxy) is 2. The Morgan fingerprint density at radius 2 is 2.26 bits per heavy atom. The van der Waals surface area contributed by atoms with E-state index < -0.39 is 0 Å². The second-order valence-electron chi connectivity index (χ2n) is 4.97. The zero-order chi connectivity index (χ0) is 13.8. The van der Waals surface area contributed by atoms with Gasteiger partial charge in [0.25, 0.3) is 0 Å². The lowest BCUT2D eigenvalue weighted by molar-refractivity contribution is 0.111. The molecule has 1 fully saturated rings. The Labute approximate surface area is 114 Å². The molecule has 0 aliphatic carbocycles. The third-order valence-electron chi connectivity index (χ3n) is 3.64. The third-order valence-corrected chi connectivity index (χ3v) is 3.64. The van der Waals surface area contributed by atoms with Crippen LogP contribution in [0.4, 0.5) is 5.95 Å². The van der Waals surface area contributed by atoms with Crippen molar-refractivity contribution in [3.05, 3.63) is 12.3 Å². The minimum atomic E-state index is 0.328. The van der Waals surface area contributed by atoms with Gasteiger partial charge in [0, 0.05) is 45.6 Å². The van der Waals surface area contributed by atoms with Gasteiger partial charge in [-0.05, 0) is 13.5 Å². The molecular formula is C13H22N4O2. The minimum Gasteiger partial charge on any atom is -0.481 e. The smallest absolute Gasteiger partial charge is 0.228 e. The first kappa shape index (κ1) is 14.0. The number of aromatic nitrogens is 2. The summed E-state index contributed by atoms with van der Waals surface area (Å²) < 4.78 is 10.5. The van der Waals surface area contributed by atoms with Gasteiger partial charge in [-0.25, -0.2) is 4.98 Å². The Morgan fingerprint density at radius 1 is 1.47 bits per heavy atom. The second kappa shape index (κ2) is 6.16. The molecular weight excluding hydrogens is 244 g/mol. The monoisotopic (exact) mass is 266 g/mol. The molecule has 1 aromatic rings. The van der Waals surface area contributed by atoms with Gasteiger partial charge in [-0.3, -0.25) is 4.90 Å². The summed E-state index contributed by atoms with van der Waals surface area (Å²) >= 11 is 0. The normalized spacial score (nSPS) is 23.6. The largest absolute Gasteiger partial charge is 0.481 e. The van der Waals surface area contributed by atoms with Crippen LogP contribution in [-0.4, -0.2) is 68.4 Å². The topological polar surface area (TPSA) is 50.7 Å². The predicted octanol–water partition coefficient (Wildman–Crippen LogP) is 0.640. The van der Waals surface area contributed by atoms with Crippen LogP contribution in [0.5, 0.6) is 5.88 Å². The standard InChI is InChI=1S/C13H22N4O2/c1-16-9-11(18-3)7-10(16)8-17(2)13-14-6-5-12(15-13)19-4/h5-6,10-11H,7-9H2,1-4H3/t10-,11-/m0/s1. The second-order valence-corrected chi connectivity index (χ2v) is 4.97. The first-order valence-electron chi connectivity index (χ1n) is 6.45. The van der Waals surface area contributed by atoms with E-state index in [9.17, 15) is 0 Å². The molecule has 0 aromatic carbocycles. The molecule has 2 heterocycles. The Hall–Kier alpha value is -1.40. The summed E-state index contributed by atoms with van der Waals surface area (Å²) in [6, 6.07) is 2.21. The van der Waals surface area contributed by atoms with Crippen molar-refractivity contribution in [1.29, 1.82) is 0 Å². The van der Waals surface area contributed by atoms with Crippen molar-refractivity contribution >= 4 is 5.95 Å². The van der Waals surface area contributed by atoms with Crippen LogP contribution >= 0.6 is 0 Å². The highest BCUT2D eigenvalue weighted by molar-refractivity contribution is 5.31. The fourth-order valence-corrected chi connectivity index (χ4v) is 2.44. The zero-order valence-electron chi connectivity index (χ0n) is 12.0. The maximum atomic E-state index is 5.42. The van der Waals surface area contributed by atoms with Gasteiger partial charge < -0.3 is 14.4 Å². The molecule has 6 nitrogen and oxygen atoms in total. The van der Waals surface area contributed by atoms with Crippen LogP contribution in [0.15, 0.2) is 12.3 Å². The lowest BCUT2D eigenvalue weighted by atomic mass is 10.2. The van der Waals surface area contributed by atoms with Crippen LogP contribution in [-0.2, 0) is 4.74 Å². The SMILES string of the molecule is COc1ccnc(N(C)C[C@@H]2C[C@H](OC)CN2C)n1. The fraction of sp³-hybridized carbons (Fsp3) is 0.692. The zero-order valence-corrected chi connectivity index (χ0v) is 12.0. The molecule has 1 aliphatic rings. The van der Waals surface area contributed by atoms with Gasteiger partial charge in [-0.1, -0.05) is 0 Å². The number of likely N-dealkylation sites (N-methyl/N-ethyl adjacent to an activating group) is 2. The number of nitrogens with zero attached hydrogens (tertiary/aromatic N) is 4. The first-order chi connectivity index (χ1) is 9.13. The summed E-state index contributed by atoms with van der Waals surface area (Å²) in [5.41, 5.74) is 0. The van der Waals surface area contributed by atoms with Gasteiger partial charge in [-0.2, -0.15) is 4.98 Å². The van der Waals surface area contributed by atoms with Crippen molar-refractivity contribution in [1.82, 2.24) is 14.9 Å². The van der Waals surface area contributed by atoms with E-state index in [0.29, 0.717) is 24.0 Å². The van der Waals surface area contributed by atoms with Gasteiger partial charge in [0.2, 0.25) is 11.8 Å². The van der Waals surface area contributed by atoms with Gasteiger partial charge >= 0.3 is 0 Å². The van der Waals surface area contributed by atoms with Gasteiger partial charge in [0.1, 0.15) is 0 Å². The average Bonchev–Trinajstić information content (AvgIpc) is 2.79. The molecule has 0 saturated carbocycles. The molecule has 2 atom stereocenters. The van der Waals surface area contributed by atoms with Gasteiger partial charge in [-0.15, -0.1) is 0 Å². The number of likely N-dealkylation sites (tertiary alicyclic amines) is 1. The molecule has 0 unspecified atom stereocenters. The maximum Gasteiger partial charge on any atom is 0.228 e. The van der Waals surface area contributed by atoms with E-state index in [1.807, 2.05) is 7.05 Å². The van der Waals surface area contributed by atoms with Crippen LogP contribution < -0.4 is 9.64 Å². The van der Waals surface area contributed by atoms with E-state index in [1.54, 1.807) is 26.5 Å². The summed E-state index contributed by atoms with van der Waals surface area (Å²) in [5.74, 6) is 1.28. The molecule has 0 radical (unpaired) electrons. The van der Waals surface area contributed by atoms with Crippen LogP contribution in [0.3, 0.4) is 0 Å². The lowest BCUT2D eigenvalue weighted by Gasteiger charge is -2.25. The van der Waals surface area contributed by atoms with E-state index in [1.165, 1.54) is 0 Å². The highest BCUT2D eigenvalue weighted by Crippen LogP contribution is 2.20. The highest BCUT2D eigenvalue weighted by atomic mass is 16.5. The molecule has 0 N–H and O–H groups in total. The summed E-state index contributed by atoms with van der Waals surface area (Å²) in [6.45, 7) is 1.86. The number of methoxy groups -OCH3 is 2. The molecule has 19 heavy (non-hydrogen) atoms. The molecule has 1 saturated heterocycles. The lowest BCUT2D eigenvalue weighted by Crippen LogP contribution is -2.37. The van der Waals surface area contributed by atoms with Crippen molar-refractivity contribution < 1.29 is 9.47 Å². The molecule has 2 rings (SSSR count). The van der Waals surface area contributed by atoms with Gasteiger partial charge in [0.05, 0.1) is 13.2 Å².